The Hall–Kier alpha value is -4.80. The smallest absolute Gasteiger partial charge is 0.122 e. The SMILES string of the molecule is c1ccc(-c2ccccc2-c2sc(-c3c(-c4ccccc4)nnn3-c3ccccc3)c3ccccc23)cc1. The fourth-order valence-electron chi connectivity index (χ4n) is 5.04. The molecule has 0 fully saturated rings. The molecule has 0 amide bonds. The van der Waals surface area contributed by atoms with Gasteiger partial charge in [-0.1, -0.05) is 133 Å². The molecule has 0 unspecified atom stereocenters. The lowest BCUT2D eigenvalue weighted by Gasteiger charge is -2.09. The maximum Gasteiger partial charge on any atom is 0.122 e. The van der Waals surface area contributed by atoms with Crippen molar-refractivity contribution in [3.8, 4) is 49.1 Å². The summed E-state index contributed by atoms with van der Waals surface area (Å²) >= 11 is 1.81. The van der Waals surface area contributed by atoms with E-state index in [0.717, 1.165) is 27.5 Å². The van der Waals surface area contributed by atoms with Crippen LogP contribution in [-0.4, -0.2) is 15.0 Å². The van der Waals surface area contributed by atoms with Gasteiger partial charge in [0, 0.05) is 26.8 Å². The average molecular weight is 506 g/mol. The van der Waals surface area contributed by atoms with Gasteiger partial charge in [-0.3, -0.25) is 0 Å². The summed E-state index contributed by atoms with van der Waals surface area (Å²) in [6, 6.07) is 48.6. The van der Waals surface area contributed by atoms with Crippen LogP contribution in [0, 0.1) is 0 Å². The summed E-state index contributed by atoms with van der Waals surface area (Å²) in [5.74, 6) is 0. The van der Waals surface area contributed by atoms with Crippen LogP contribution in [0.3, 0.4) is 0 Å². The molecule has 2 aromatic heterocycles. The molecule has 0 N–H and O–H groups in total. The fourth-order valence-corrected chi connectivity index (χ4v) is 6.39. The minimum Gasteiger partial charge on any atom is -0.211 e. The lowest BCUT2D eigenvalue weighted by molar-refractivity contribution is 0.810. The van der Waals surface area contributed by atoms with E-state index in [1.165, 1.54) is 32.3 Å². The number of benzene rings is 5. The van der Waals surface area contributed by atoms with Crippen molar-refractivity contribution in [2.75, 3.05) is 0 Å². The highest BCUT2D eigenvalue weighted by molar-refractivity contribution is 7.21. The van der Waals surface area contributed by atoms with E-state index in [2.05, 4.69) is 120 Å². The molecule has 2 heterocycles. The first-order valence-electron chi connectivity index (χ1n) is 12.6. The van der Waals surface area contributed by atoms with Crippen molar-refractivity contribution in [1.82, 2.24) is 15.0 Å². The van der Waals surface area contributed by atoms with E-state index in [4.69, 9.17) is 5.10 Å². The molecule has 0 aliphatic rings. The van der Waals surface area contributed by atoms with Crippen molar-refractivity contribution in [2.45, 2.75) is 0 Å². The van der Waals surface area contributed by atoms with Gasteiger partial charge in [-0.05, 0) is 23.3 Å². The minimum atomic E-state index is 0.879. The largest absolute Gasteiger partial charge is 0.211 e. The maximum absolute atomic E-state index is 4.71. The highest BCUT2D eigenvalue weighted by atomic mass is 32.1. The number of para-hydroxylation sites is 1. The van der Waals surface area contributed by atoms with Crippen molar-refractivity contribution >= 4 is 22.1 Å². The zero-order valence-corrected chi connectivity index (χ0v) is 21.3. The van der Waals surface area contributed by atoms with E-state index in [-0.39, 0.29) is 0 Å². The van der Waals surface area contributed by atoms with Crippen molar-refractivity contribution < 1.29 is 0 Å². The highest BCUT2D eigenvalue weighted by Gasteiger charge is 2.24. The van der Waals surface area contributed by atoms with Crippen LogP contribution in [-0.2, 0) is 0 Å². The molecule has 7 rings (SSSR count). The topological polar surface area (TPSA) is 30.7 Å². The van der Waals surface area contributed by atoms with Gasteiger partial charge in [0.05, 0.1) is 10.6 Å². The zero-order chi connectivity index (χ0) is 25.3. The van der Waals surface area contributed by atoms with Crippen LogP contribution in [0.5, 0.6) is 0 Å². The Bertz CT molecular complexity index is 1800. The van der Waals surface area contributed by atoms with E-state index < -0.39 is 0 Å². The number of hydrogen-bond acceptors (Lipinski definition) is 3. The van der Waals surface area contributed by atoms with Gasteiger partial charge in [-0.25, -0.2) is 4.68 Å². The molecule has 0 spiro atoms. The van der Waals surface area contributed by atoms with Crippen molar-refractivity contribution in [1.29, 1.82) is 0 Å². The molecule has 180 valence electrons. The third-order valence-corrected chi connectivity index (χ3v) is 8.07. The maximum atomic E-state index is 4.71. The summed E-state index contributed by atoms with van der Waals surface area (Å²) in [4.78, 5) is 2.40. The van der Waals surface area contributed by atoms with E-state index >= 15 is 0 Å². The molecule has 38 heavy (non-hydrogen) atoms. The lowest BCUT2D eigenvalue weighted by Crippen LogP contribution is -1.98. The molecule has 0 aliphatic heterocycles. The molecule has 0 aliphatic carbocycles. The Morgan fingerprint density at radius 3 is 1.68 bits per heavy atom. The van der Waals surface area contributed by atoms with Gasteiger partial charge >= 0.3 is 0 Å². The number of hydrogen-bond donors (Lipinski definition) is 0. The lowest BCUT2D eigenvalue weighted by atomic mass is 9.97. The first-order chi connectivity index (χ1) is 18.9. The minimum absolute atomic E-state index is 0.879. The van der Waals surface area contributed by atoms with Crippen LogP contribution in [0.15, 0.2) is 140 Å². The standard InChI is InChI=1S/C34H23N3S/c1-4-14-24(15-5-1)27-20-10-11-21-28(27)33-29-22-12-13-23-30(29)34(38-33)32-31(25-16-6-2-7-17-25)35-36-37(32)26-18-8-3-9-19-26/h1-23H. The average Bonchev–Trinajstić information content (AvgIpc) is 3.61. The predicted molar refractivity (Wildman–Crippen MR) is 158 cm³/mol. The van der Waals surface area contributed by atoms with Crippen LogP contribution < -0.4 is 0 Å². The molecule has 5 aromatic carbocycles. The summed E-state index contributed by atoms with van der Waals surface area (Å²) in [5, 5.41) is 11.8. The van der Waals surface area contributed by atoms with E-state index in [1.807, 2.05) is 40.3 Å². The van der Waals surface area contributed by atoms with E-state index in [9.17, 15) is 0 Å². The highest BCUT2D eigenvalue weighted by Crippen LogP contribution is 2.48. The number of fused-ring (bicyclic) bond motifs is 1. The third-order valence-electron chi connectivity index (χ3n) is 6.81. The number of nitrogens with zero attached hydrogens (tertiary/aromatic N) is 3. The fraction of sp³-hybridized carbons (Fsp3) is 0. The second kappa shape index (κ2) is 9.58. The molecule has 0 saturated heterocycles. The van der Waals surface area contributed by atoms with Crippen LogP contribution >= 0.6 is 11.3 Å². The normalized spacial score (nSPS) is 11.2. The van der Waals surface area contributed by atoms with Gasteiger partial charge in [0.15, 0.2) is 0 Å². The summed E-state index contributed by atoms with van der Waals surface area (Å²) < 4.78 is 1.98. The van der Waals surface area contributed by atoms with Crippen LogP contribution in [0.25, 0.3) is 59.9 Å². The summed E-state index contributed by atoms with van der Waals surface area (Å²) in [6.45, 7) is 0. The summed E-state index contributed by atoms with van der Waals surface area (Å²) in [5.41, 5.74) is 7.59. The van der Waals surface area contributed by atoms with Crippen LogP contribution in [0.1, 0.15) is 0 Å². The number of thiophene rings is 1. The number of rotatable bonds is 5. The van der Waals surface area contributed by atoms with Crippen LogP contribution in [0.2, 0.25) is 0 Å². The van der Waals surface area contributed by atoms with Crippen LogP contribution in [0.4, 0.5) is 0 Å². The molecule has 0 radical (unpaired) electrons. The molecule has 3 nitrogen and oxygen atoms in total. The zero-order valence-electron chi connectivity index (χ0n) is 20.5. The second-order valence-electron chi connectivity index (χ2n) is 9.12. The van der Waals surface area contributed by atoms with Crippen molar-refractivity contribution in [3.63, 3.8) is 0 Å². The number of aromatic nitrogens is 3. The van der Waals surface area contributed by atoms with Gasteiger partial charge in [0.25, 0.3) is 0 Å². The predicted octanol–water partition coefficient (Wildman–Crippen LogP) is 9.15. The Morgan fingerprint density at radius 2 is 1.00 bits per heavy atom. The van der Waals surface area contributed by atoms with Gasteiger partial charge in [-0.2, -0.15) is 0 Å². The van der Waals surface area contributed by atoms with E-state index in [1.54, 1.807) is 0 Å². The summed E-state index contributed by atoms with van der Waals surface area (Å²) in [6.07, 6.45) is 0. The Labute approximate surface area is 225 Å². The molecule has 0 saturated carbocycles. The molecular formula is C34H23N3S. The van der Waals surface area contributed by atoms with E-state index in [0.29, 0.717) is 0 Å². The molecule has 0 bridgehead atoms. The molecular weight excluding hydrogens is 482 g/mol. The van der Waals surface area contributed by atoms with Gasteiger partial charge in [-0.15, -0.1) is 16.4 Å². The monoisotopic (exact) mass is 505 g/mol. The quantitative estimate of drug-likeness (QED) is 0.233. The Kier molecular flexibility index (Phi) is 5.65. The Balaban J connectivity index is 1.53. The van der Waals surface area contributed by atoms with Gasteiger partial charge in [0.1, 0.15) is 11.4 Å². The Morgan fingerprint density at radius 1 is 0.474 bits per heavy atom. The second-order valence-corrected chi connectivity index (χ2v) is 10.1. The molecule has 7 aromatic rings. The van der Waals surface area contributed by atoms with Crippen molar-refractivity contribution in [3.05, 3.63) is 140 Å². The van der Waals surface area contributed by atoms with Gasteiger partial charge < -0.3 is 0 Å². The van der Waals surface area contributed by atoms with Crippen molar-refractivity contribution in [2.24, 2.45) is 0 Å². The third kappa shape index (κ3) is 3.83. The molecule has 0 atom stereocenters. The molecule has 4 heteroatoms. The first-order valence-corrected chi connectivity index (χ1v) is 13.4. The first kappa shape index (κ1) is 22.4. The summed E-state index contributed by atoms with van der Waals surface area (Å²) in [7, 11) is 0. The van der Waals surface area contributed by atoms with Gasteiger partial charge in [0.2, 0.25) is 0 Å².